The van der Waals surface area contributed by atoms with Crippen LogP contribution in [0.2, 0.25) is 5.02 Å². The average molecular weight is 216 g/mol. The first-order valence-corrected chi connectivity index (χ1v) is 4.11. The van der Waals surface area contributed by atoms with E-state index in [9.17, 15) is 0 Å². The fraction of sp³-hybridized carbons (Fsp3) is 0.300. The molecule has 0 aliphatic heterocycles. The molecule has 0 aliphatic carbocycles. The van der Waals surface area contributed by atoms with E-state index in [1.54, 1.807) is 6.07 Å². The molecule has 1 rings (SSSR count). The van der Waals surface area contributed by atoms with Crippen LogP contribution in [-0.2, 0) is 5.41 Å². The van der Waals surface area contributed by atoms with Crippen LogP contribution in [0.25, 0.3) is 0 Å². The molecule has 1 aromatic carbocycles. The van der Waals surface area contributed by atoms with Crippen LogP contribution < -0.4 is 0 Å². The number of halogens is 2. The van der Waals surface area contributed by atoms with Gasteiger partial charge in [0.1, 0.15) is 0 Å². The zero-order valence-corrected chi connectivity index (χ0v) is 9.12. The van der Waals surface area contributed by atoms with Gasteiger partial charge in [0.05, 0.1) is 11.5 Å². The molecule has 70 valence electrons. The lowest BCUT2D eigenvalue weighted by atomic mass is 9.86. The molecular weight excluding hydrogens is 205 g/mol. The fourth-order valence-electron chi connectivity index (χ4n) is 0.942. The van der Waals surface area contributed by atoms with Crippen molar-refractivity contribution in [3.63, 3.8) is 0 Å². The van der Waals surface area contributed by atoms with Gasteiger partial charge in [-0.2, -0.15) is 5.26 Å². The fourth-order valence-corrected chi connectivity index (χ4v) is 1.13. The molecule has 0 unspecified atom stereocenters. The monoisotopic (exact) mass is 215 g/mol. The molecule has 3 heteroatoms. The summed E-state index contributed by atoms with van der Waals surface area (Å²) in [6.07, 6.45) is 0. The predicted octanol–water partition coefficient (Wildman–Crippen LogP) is 3.56. The number of nitrogens with zero attached hydrogens (tertiary/aromatic N) is 1. The first-order chi connectivity index (χ1) is 5.56. The minimum absolute atomic E-state index is 0. The van der Waals surface area contributed by atoms with Gasteiger partial charge >= 0.3 is 0 Å². The third-order valence-corrected chi connectivity index (χ3v) is 2.06. The lowest BCUT2D eigenvalue weighted by Gasteiger charge is -2.15. The van der Waals surface area contributed by atoms with E-state index < -0.39 is 5.41 Å². The van der Waals surface area contributed by atoms with E-state index in [0.717, 1.165) is 5.56 Å². The highest BCUT2D eigenvalue weighted by Gasteiger charge is 2.19. The zero-order chi connectivity index (χ0) is 9.19. The van der Waals surface area contributed by atoms with Crippen molar-refractivity contribution >= 4 is 24.0 Å². The molecule has 13 heavy (non-hydrogen) atoms. The summed E-state index contributed by atoms with van der Waals surface area (Å²) in [7, 11) is 0. The zero-order valence-electron chi connectivity index (χ0n) is 7.54. The van der Waals surface area contributed by atoms with Gasteiger partial charge in [-0.3, -0.25) is 0 Å². The molecule has 0 heterocycles. The second-order valence-electron chi connectivity index (χ2n) is 3.25. The lowest BCUT2D eigenvalue weighted by molar-refractivity contribution is 0.687. The molecular formula is C10H11Cl2N. The van der Waals surface area contributed by atoms with Crippen LogP contribution in [0.4, 0.5) is 0 Å². The van der Waals surface area contributed by atoms with Crippen LogP contribution in [-0.4, -0.2) is 0 Å². The summed E-state index contributed by atoms with van der Waals surface area (Å²) >= 11 is 5.80. The van der Waals surface area contributed by atoms with Gasteiger partial charge in [-0.1, -0.05) is 23.7 Å². The molecule has 0 saturated heterocycles. The smallest absolute Gasteiger partial charge is 0.0766 e. The first kappa shape index (κ1) is 12.3. The Morgan fingerprint density at radius 1 is 1.38 bits per heavy atom. The molecule has 0 spiro atoms. The van der Waals surface area contributed by atoms with E-state index in [-0.39, 0.29) is 12.4 Å². The standard InChI is InChI=1S/C10H10ClN.ClH/c1-10(2,7-12)8-4-3-5-9(11)6-8;/h3-6H,1-2H3;1H. The van der Waals surface area contributed by atoms with Crippen LogP contribution >= 0.6 is 24.0 Å². The van der Waals surface area contributed by atoms with Gasteiger partial charge in [-0.05, 0) is 31.5 Å². The van der Waals surface area contributed by atoms with Crippen molar-refractivity contribution in [3.05, 3.63) is 34.9 Å². The molecule has 0 aliphatic rings. The molecule has 0 bridgehead atoms. The van der Waals surface area contributed by atoms with E-state index in [4.69, 9.17) is 16.9 Å². The van der Waals surface area contributed by atoms with Crippen molar-refractivity contribution in [2.24, 2.45) is 0 Å². The predicted molar refractivity (Wildman–Crippen MR) is 57.3 cm³/mol. The molecule has 1 nitrogen and oxygen atoms in total. The number of benzene rings is 1. The van der Waals surface area contributed by atoms with Crippen molar-refractivity contribution < 1.29 is 0 Å². The Kier molecular flexibility index (Phi) is 4.26. The van der Waals surface area contributed by atoms with Gasteiger partial charge in [-0.25, -0.2) is 0 Å². The third-order valence-electron chi connectivity index (χ3n) is 1.83. The quantitative estimate of drug-likeness (QED) is 0.703. The normalized spacial score (nSPS) is 10.0. The van der Waals surface area contributed by atoms with Gasteiger partial charge in [0.2, 0.25) is 0 Å². The second kappa shape index (κ2) is 4.50. The highest BCUT2D eigenvalue weighted by Crippen LogP contribution is 2.24. The Bertz CT molecular complexity index is 326. The maximum absolute atomic E-state index is 8.85. The largest absolute Gasteiger partial charge is 0.197 e. The molecule has 0 aromatic heterocycles. The Hall–Kier alpha value is -0.710. The number of nitriles is 1. The van der Waals surface area contributed by atoms with E-state index in [1.807, 2.05) is 32.0 Å². The van der Waals surface area contributed by atoms with Crippen LogP contribution in [0.1, 0.15) is 19.4 Å². The molecule has 0 fully saturated rings. The van der Waals surface area contributed by atoms with Crippen molar-refractivity contribution in [2.45, 2.75) is 19.3 Å². The van der Waals surface area contributed by atoms with Crippen molar-refractivity contribution in [1.82, 2.24) is 0 Å². The van der Waals surface area contributed by atoms with Gasteiger partial charge < -0.3 is 0 Å². The molecule has 0 amide bonds. The van der Waals surface area contributed by atoms with Gasteiger partial charge in [0.25, 0.3) is 0 Å². The Labute approximate surface area is 89.7 Å². The first-order valence-electron chi connectivity index (χ1n) is 3.73. The minimum atomic E-state index is -0.453. The Morgan fingerprint density at radius 2 is 2.00 bits per heavy atom. The summed E-state index contributed by atoms with van der Waals surface area (Å²) in [6, 6.07) is 9.62. The third kappa shape index (κ3) is 2.91. The van der Waals surface area contributed by atoms with Crippen LogP contribution in [0.3, 0.4) is 0 Å². The maximum atomic E-state index is 8.85. The van der Waals surface area contributed by atoms with E-state index in [0.29, 0.717) is 5.02 Å². The van der Waals surface area contributed by atoms with Crippen LogP contribution in [0.5, 0.6) is 0 Å². The molecule has 1 aromatic rings. The summed E-state index contributed by atoms with van der Waals surface area (Å²) in [6.45, 7) is 3.75. The summed E-state index contributed by atoms with van der Waals surface area (Å²) < 4.78 is 0. The summed E-state index contributed by atoms with van der Waals surface area (Å²) in [4.78, 5) is 0. The van der Waals surface area contributed by atoms with Crippen molar-refractivity contribution in [2.75, 3.05) is 0 Å². The lowest BCUT2D eigenvalue weighted by Crippen LogP contribution is -2.13. The number of hydrogen-bond acceptors (Lipinski definition) is 1. The van der Waals surface area contributed by atoms with E-state index in [2.05, 4.69) is 6.07 Å². The van der Waals surface area contributed by atoms with Crippen molar-refractivity contribution in [1.29, 1.82) is 5.26 Å². The maximum Gasteiger partial charge on any atom is 0.0766 e. The average Bonchev–Trinajstić information content (AvgIpc) is 2.05. The topological polar surface area (TPSA) is 23.8 Å². The minimum Gasteiger partial charge on any atom is -0.197 e. The Balaban J connectivity index is 0.00000144. The molecule has 0 radical (unpaired) electrons. The second-order valence-corrected chi connectivity index (χ2v) is 3.68. The van der Waals surface area contributed by atoms with Crippen LogP contribution in [0, 0.1) is 11.3 Å². The molecule has 0 atom stereocenters. The molecule has 0 saturated carbocycles. The SMILES string of the molecule is CC(C)(C#N)c1cccc(Cl)c1.Cl. The van der Waals surface area contributed by atoms with Gasteiger partial charge in [0.15, 0.2) is 0 Å². The highest BCUT2D eigenvalue weighted by atomic mass is 35.5. The summed E-state index contributed by atoms with van der Waals surface area (Å²) in [5.74, 6) is 0. The Morgan fingerprint density at radius 3 is 2.46 bits per heavy atom. The van der Waals surface area contributed by atoms with E-state index >= 15 is 0 Å². The van der Waals surface area contributed by atoms with Gasteiger partial charge in [0, 0.05) is 5.02 Å². The summed E-state index contributed by atoms with van der Waals surface area (Å²) in [5.41, 5.74) is 0.503. The highest BCUT2D eigenvalue weighted by molar-refractivity contribution is 6.30. The van der Waals surface area contributed by atoms with Crippen molar-refractivity contribution in [3.8, 4) is 6.07 Å². The summed E-state index contributed by atoms with van der Waals surface area (Å²) in [5, 5.41) is 9.52. The van der Waals surface area contributed by atoms with Crippen LogP contribution in [0.15, 0.2) is 24.3 Å². The van der Waals surface area contributed by atoms with Gasteiger partial charge in [-0.15, -0.1) is 12.4 Å². The number of hydrogen-bond donors (Lipinski definition) is 0. The van der Waals surface area contributed by atoms with E-state index in [1.165, 1.54) is 0 Å². The molecule has 0 N–H and O–H groups in total. The number of rotatable bonds is 1.